The van der Waals surface area contributed by atoms with E-state index in [1.54, 1.807) is 12.1 Å². The van der Waals surface area contributed by atoms with E-state index in [0.717, 1.165) is 0 Å². The highest BCUT2D eigenvalue weighted by molar-refractivity contribution is 6.34. The summed E-state index contributed by atoms with van der Waals surface area (Å²) in [6.45, 7) is -0.238. The molecule has 0 radical (unpaired) electrons. The van der Waals surface area contributed by atoms with Crippen molar-refractivity contribution < 1.29 is 14.5 Å². The van der Waals surface area contributed by atoms with Crippen LogP contribution in [0.5, 0.6) is 5.75 Å². The van der Waals surface area contributed by atoms with Gasteiger partial charge in [0, 0.05) is 28.8 Å². The summed E-state index contributed by atoms with van der Waals surface area (Å²) in [5.41, 5.74) is 0.240. The third-order valence-electron chi connectivity index (χ3n) is 2.65. The minimum Gasteiger partial charge on any atom is -0.484 e. The highest BCUT2D eigenvalue weighted by Gasteiger charge is 2.11. The van der Waals surface area contributed by atoms with E-state index in [0.29, 0.717) is 21.4 Å². The Morgan fingerprint density at radius 3 is 2.43 bits per heavy atom. The normalized spacial score (nSPS) is 10.2. The van der Waals surface area contributed by atoms with Crippen LogP contribution in [0.4, 0.5) is 5.69 Å². The molecular formula is C14H9Cl2NO4. The van der Waals surface area contributed by atoms with Crippen LogP contribution in [-0.2, 0) is 0 Å². The van der Waals surface area contributed by atoms with E-state index in [9.17, 15) is 14.9 Å². The van der Waals surface area contributed by atoms with Gasteiger partial charge in [0.25, 0.3) is 5.69 Å². The Labute approximate surface area is 130 Å². The van der Waals surface area contributed by atoms with Crippen molar-refractivity contribution in [1.29, 1.82) is 0 Å². The fourth-order valence-electron chi connectivity index (χ4n) is 1.58. The number of rotatable bonds is 5. The molecule has 2 aromatic rings. The molecule has 0 aliphatic carbocycles. The number of hydrogen-bond acceptors (Lipinski definition) is 4. The zero-order valence-corrected chi connectivity index (χ0v) is 12.1. The van der Waals surface area contributed by atoms with Gasteiger partial charge in [0.15, 0.2) is 12.4 Å². The average Bonchev–Trinajstić information content (AvgIpc) is 2.48. The maximum absolute atomic E-state index is 11.9. The van der Waals surface area contributed by atoms with Crippen LogP contribution in [0.25, 0.3) is 0 Å². The first-order valence-corrected chi connectivity index (χ1v) is 6.58. The second-order valence-corrected chi connectivity index (χ2v) is 4.93. The van der Waals surface area contributed by atoms with E-state index in [4.69, 9.17) is 27.9 Å². The van der Waals surface area contributed by atoms with Gasteiger partial charge in [0.2, 0.25) is 0 Å². The lowest BCUT2D eigenvalue weighted by Crippen LogP contribution is -2.11. The number of halogens is 2. The number of Topliss-reactive ketones (excluding diaryl/α,β-unsaturated/α-hetero) is 1. The van der Waals surface area contributed by atoms with Crippen molar-refractivity contribution in [3.63, 3.8) is 0 Å². The van der Waals surface area contributed by atoms with Crippen LogP contribution in [0.2, 0.25) is 10.0 Å². The Kier molecular flexibility index (Phi) is 4.77. The lowest BCUT2D eigenvalue weighted by molar-refractivity contribution is -0.384. The highest BCUT2D eigenvalue weighted by atomic mass is 35.5. The maximum Gasteiger partial charge on any atom is 0.269 e. The average molecular weight is 326 g/mol. The third kappa shape index (κ3) is 3.93. The number of carbonyl (C=O) groups is 1. The Morgan fingerprint density at radius 2 is 1.81 bits per heavy atom. The number of carbonyl (C=O) groups excluding carboxylic acids is 1. The van der Waals surface area contributed by atoms with Crippen molar-refractivity contribution in [2.24, 2.45) is 0 Å². The monoisotopic (exact) mass is 325 g/mol. The van der Waals surface area contributed by atoms with Gasteiger partial charge in [-0.3, -0.25) is 14.9 Å². The zero-order valence-electron chi connectivity index (χ0n) is 10.6. The van der Waals surface area contributed by atoms with Gasteiger partial charge in [-0.15, -0.1) is 0 Å². The molecule has 0 saturated heterocycles. The largest absolute Gasteiger partial charge is 0.484 e. The van der Waals surface area contributed by atoms with E-state index in [-0.39, 0.29) is 18.1 Å². The van der Waals surface area contributed by atoms with Gasteiger partial charge in [0.1, 0.15) is 5.75 Å². The first-order valence-electron chi connectivity index (χ1n) is 5.83. The molecule has 0 saturated carbocycles. The minimum absolute atomic E-state index is 0.0784. The molecule has 0 aliphatic rings. The van der Waals surface area contributed by atoms with Gasteiger partial charge in [-0.05, 0) is 24.3 Å². The number of non-ortho nitro benzene ring substituents is 1. The van der Waals surface area contributed by atoms with Crippen molar-refractivity contribution in [3.05, 3.63) is 68.2 Å². The smallest absolute Gasteiger partial charge is 0.269 e. The molecule has 0 unspecified atom stereocenters. The Hall–Kier alpha value is -2.11. The van der Waals surface area contributed by atoms with E-state index >= 15 is 0 Å². The topological polar surface area (TPSA) is 69.4 Å². The first-order chi connectivity index (χ1) is 9.97. The molecule has 0 N–H and O–H groups in total. The van der Waals surface area contributed by atoms with Gasteiger partial charge >= 0.3 is 0 Å². The molecule has 0 atom stereocenters. The molecule has 0 spiro atoms. The van der Waals surface area contributed by atoms with Gasteiger partial charge in [0.05, 0.1) is 9.95 Å². The van der Waals surface area contributed by atoms with Crippen LogP contribution >= 0.6 is 23.2 Å². The lowest BCUT2D eigenvalue weighted by Gasteiger charge is -2.07. The van der Waals surface area contributed by atoms with Crippen LogP contribution in [0.15, 0.2) is 42.5 Å². The first kappa shape index (κ1) is 15.3. The standard InChI is InChI=1S/C14H9Cl2NO4/c15-10-3-6-12(16)14(7-10)21-8-13(18)9-1-4-11(5-2-9)17(19)20/h1-7H,8H2. The molecule has 7 heteroatoms. The van der Waals surface area contributed by atoms with Gasteiger partial charge in [-0.1, -0.05) is 23.2 Å². The van der Waals surface area contributed by atoms with Crippen molar-refractivity contribution in [2.45, 2.75) is 0 Å². The number of nitro groups is 1. The summed E-state index contributed by atoms with van der Waals surface area (Å²) in [6, 6.07) is 9.96. The van der Waals surface area contributed by atoms with E-state index in [1.165, 1.54) is 30.3 Å². The SMILES string of the molecule is O=C(COc1cc(Cl)ccc1Cl)c1ccc([N+](=O)[O-])cc1. The predicted octanol–water partition coefficient (Wildman–Crippen LogP) is 4.16. The summed E-state index contributed by atoms with van der Waals surface area (Å²) in [7, 11) is 0. The summed E-state index contributed by atoms with van der Waals surface area (Å²) >= 11 is 11.7. The second kappa shape index (κ2) is 6.56. The summed E-state index contributed by atoms with van der Waals surface area (Å²) in [4.78, 5) is 21.9. The zero-order chi connectivity index (χ0) is 15.4. The number of hydrogen-bond donors (Lipinski definition) is 0. The molecule has 21 heavy (non-hydrogen) atoms. The van der Waals surface area contributed by atoms with Crippen LogP contribution in [0.3, 0.4) is 0 Å². The summed E-state index contributed by atoms with van der Waals surface area (Å²) in [5.74, 6) is -0.0135. The molecule has 0 heterocycles. The fourth-order valence-corrected chi connectivity index (χ4v) is 1.92. The van der Waals surface area contributed by atoms with Gasteiger partial charge < -0.3 is 4.74 Å². The van der Waals surface area contributed by atoms with E-state index < -0.39 is 4.92 Å². The van der Waals surface area contributed by atoms with E-state index in [1.807, 2.05) is 0 Å². The van der Waals surface area contributed by atoms with Gasteiger partial charge in [-0.2, -0.15) is 0 Å². The minimum atomic E-state index is -0.531. The Bertz CT molecular complexity index is 686. The second-order valence-electron chi connectivity index (χ2n) is 4.09. The Balaban J connectivity index is 2.04. The third-order valence-corrected chi connectivity index (χ3v) is 3.20. The number of ether oxygens (including phenoxy) is 1. The van der Waals surface area contributed by atoms with Crippen LogP contribution < -0.4 is 4.74 Å². The van der Waals surface area contributed by atoms with E-state index in [2.05, 4.69) is 0 Å². The molecule has 2 aromatic carbocycles. The molecule has 108 valence electrons. The van der Waals surface area contributed by atoms with Crippen molar-refractivity contribution >= 4 is 34.7 Å². The summed E-state index contributed by atoms with van der Waals surface area (Å²) < 4.78 is 5.31. The van der Waals surface area contributed by atoms with Crippen molar-refractivity contribution in [3.8, 4) is 5.75 Å². The molecule has 0 amide bonds. The number of nitro benzene ring substituents is 1. The number of benzene rings is 2. The van der Waals surface area contributed by atoms with Crippen LogP contribution in [0.1, 0.15) is 10.4 Å². The molecule has 0 bridgehead atoms. The number of nitrogens with zero attached hydrogens (tertiary/aromatic N) is 1. The Morgan fingerprint density at radius 1 is 1.14 bits per heavy atom. The fraction of sp³-hybridized carbons (Fsp3) is 0.0714. The highest BCUT2D eigenvalue weighted by Crippen LogP contribution is 2.27. The number of ketones is 1. The quantitative estimate of drug-likeness (QED) is 0.470. The molecule has 0 fully saturated rings. The van der Waals surface area contributed by atoms with Crippen LogP contribution in [-0.4, -0.2) is 17.3 Å². The van der Waals surface area contributed by atoms with Gasteiger partial charge in [-0.25, -0.2) is 0 Å². The predicted molar refractivity (Wildman–Crippen MR) is 79.4 cm³/mol. The molecule has 0 aliphatic heterocycles. The molecule has 2 rings (SSSR count). The molecule has 0 aromatic heterocycles. The van der Waals surface area contributed by atoms with Crippen molar-refractivity contribution in [2.75, 3.05) is 6.61 Å². The maximum atomic E-state index is 11.9. The lowest BCUT2D eigenvalue weighted by atomic mass is 10.1. The van der Waals surface area contributed by atoms with Crippen molar-refractivity contribution in [1.82, 2.24) is 0 Å². The summed E-state index contributed by atoms with van der Waals surface area (Å²) in [6.07, 6.45) is 0. The van der Waals surface area contributed by atoms with Crippen LogP contribution in [0, 0.1) is 10.1 Å². The summed E-state index contributed by atoms with van der Waals surface area (Å²) in [5, 5.41) is 11.3. The molecular weight excluding hydrogens is 317 g/mol. The molecule has 5 nitrogen and oxygen atoms in total.